The van der Waals surface area contributed by atoms with E-state index >= 15 is 4.39 Å². The molecule has 2 fully saturated rings. The number of nitrogens with zero attached hydrogens (tertiary/aromatic N) is 5. The summed E-state index contributed by atoms with van der Waals surface area (Å²) >= 11 is 7.15. The lowest BCUT2D eigenvalue weighted by Gasteiger charge is -2.32. The molecule has 0 spiro atoms. The van der Waals surface area contributed by atoms with Crippen LogP contribution in [0.15, 0.2) is 42.7 Å². The van der Waals surface area contributed by atoms with E-state index in [0.29, 0.717) is 26.8 Å². The zero-order valence-electron chi connectivity index (χ0n) is 20.5. The monoisotopic (exact) mass is 538 g/mol. The molecule has 37 heavy (non-hydrogen) atoms. The molecule has 1 aromatic carbocycles. The van der Waals surface area contributed by atoms with Crippen LogP contribution in [-0.4, -0.2) is 44.1 Å². The Bertz CT molecular complexity index is 1450. The summed E-state index contributed by atoms with van der Waals surface area (Å²) in [5.74, 6) is 1.02. The molecule has 3 aromatic heterocycles. The molecule has 0 radical (unpaired) electrons. The summed E-state index contributed by atoms with van der Waals surface area (Å²) in [4.78, 5) is 28.8. The van der Waals surface area contributed by atoms with Crippen molar-refractivity contribution in [2.24, 2.45) is 0 Å². The van der Waals surface area contributed by atoms with Gasteiger partial charge in [0.1, 0.15) is 27.3 Å². The van der Waals surface area contributed by atoms with Gasteiger partial charge in [0.15, 0.2) is 5.01 Å². The molecule has 192 valence electrons. The van der Waals surface area contributed by atoms with Crippen LogP contribution in [0.25, 0.3) is 22.4 Å². The minimum absolute atomic E-state index is 0.0280. The molecule has 6 rings (SSSR count). The first-order valence-corrected chi connectivity index (χ1v) is 14.0. The second-order valence-corrected chi connectivity index (χ2v) is 11.6. The number of carbonyl (C=O) groups excluding carboxylic acids is 1. The maximum Gasteiger partial charge on any atom is 0.280 e. The third-order valence-corrected chi connectivity index (χ3v) is 8.66. The maximum absolute atomic E-state index is 15.0. The standard InChI is InChI=1S/C27H28ClFN6OS/c1-16-6-5-11-34(16)24-13-22-21(14-30-24)33-25(19-9-2-3-10-20(19)29)35(22)18-8-4-7-17(12-18)32-26(36)27-31-15-23(28)37-27/h2-3,9-10,13-18H,4-8,11-12H2,1H3,(H,32,36)/t16-,17-,18+/m0/s1. The molecule has 4 aromatic rings. The number of carbonyl (C=O) groups is 1. The van der Waals surface area contributed by atoms with E-state index in [2.05, 4.69) is 32.8 Å². The lowest BCUT2D eigenvalue weighted by molar-refractivity contribution is 0.0920. The Morgan fingerprint density at radius 3 is 2.78 bits per heavy atom. The highest BCUT2D eigenvalue weighted by Gasteiger charge is 2.30. The molecule has 1 aliphatic heterocycles. The van der Waals surface area contributed by atoms with Crippen LogP contribution < -0.4 is 10.2 Å². The summed E-state index contributed by atoms with van der Waals surface area (Å²) < 4.78 is 17.7. The van der Waals surface area contributed by atoms with Gasteiger partial charge in [0.25, 0.3) is 5.91 Å². The van der Waals surface area contributed by atoms with E-state index in [1.807, 2.05) is 12.3 Å². The first-order chi connectivity index (χ1) is 18.0. The van der Waals surface area contributed by atoms with E-state index in [-0.39, 0.29) is 23.8 Å². The molecular formula is C27H28ClFN6OS. The summed E-state index contributed by atoms with van der Waals surface area (Å²) in [6, 6.07) is 9.33. The van der Waals surface area contributed by atoms with E-state index in [4.69, 9.17) is 21.6 Å². The van der Waals surface area contributed by atoms with Gasteiger partial charge >= 0.3 is 0 Å². The summed E-state index contributed by atoms with van der Waals surface area (Å²) in [5, 5.41) is 3.51. The minimum Gasteiger partial charge on any atom is -0.354 e. The van der Waals surface area contributed by atoms with Crippen LogP contribution in [0.1, 0.15) is 61.3 Å². The van der Waals surface area contributed by atoms with Gasteiger partial charge in [0.05, 0.1) is 23.5 Å². The lowest BCUT2D eigenvalue weighted by atomic mass is 9.90. The fourth-order valence-corrected chi connectivity index (χ4v) is 6.57. The van der Waals surface area contributed by atoms with Gasteiger partial charge in [0.2, 0.25) is 0 Å². The van der Waals surface area contributed by atoms with E-state index in [1.165, 1.54) is 23.6 Å². The molecule has 0 bridgehead atoms. The van der Waals surface area contributed by atoms with Gasteiger partial charge < -0.3 is 14.8 Å². The summed E-state index contributed by atoms with van der Waals surface area (Å²) in [6.07, 6.45) is 9.05. The average Bonchev–Trinajstić information content (AvgIpc) is 3.62. The van der Waals surface area contributed by atoms with Gasteiger partial charge in [-0.25, -0.2) is 19.3 Å². The lowest BCUT2D eigenvalue weighted by Crippen LogP contribution is -2.39. The van der Waals surface area contributed by atoms with Crippen LogP contribution in [0.5, 0.6) is 0 Å². The zero-order chi connectivity index (χ0) is 25.5. The van der Waals surface area contributed by atoms with Crippen molar-refractivity contribution in [3.8, 4) is 11.4 Å². The Hall–Kier alpha value is -3.04. The number of thiazole rings is 1. The molecule has 10 heteroatoms. The number of nitrogens with one attached hydrogen (secondary N) is 1. The second-order valence-electron chi connectivity index (χ2n) is 9.96. The Balaban J connectivity index is 1.38. The molecule has 1 saturated carbocycles. The van der Waals surface area contributed by atoms with Crippen molar-refractivity contribution < 1.29 is 9.18 Å². The molecular weight excluding hydrogens is 511 g/mol. The number of imidazole rings is 1. The fourth-order valence-electron chi connectivity index (χ4n) is 5.76. The van der Waals surface area contributed by atoms with E-state index in [1.54, 1.807) is 12.1 Å². The number of hydrogen-bond acceptors (Lipinski definition) is 6. The van der Waals surface area contributed by atoms with E-state index < -0.39 is 0 Å². The summed E-state index contributed by atoms with van der Waals surface area (Å²) in [5.41, 5.74) is 2.17. The average molecular weight is 539 g/mol. The maximum atomic E-state index is 15.0. The quantitative estimate of drug-likeness (QED) is 0.325. The van der Waals surface area contributed by atoms with Crippen molar-refractivity contribution in [3.63, 3.8) is 0 Å². The number of halogens is 2. The van der Waals surface area contributed by atoms with Crippen molar-refractivity contribution in [1.82, 2.24) is 24.8 Å². The number of benzene rings is 1. The zero-order valence-corrected chi connectivity index (χ0v) is 22.1. The minimum atomic E-state index is -0.304. The highest BCUT2D eigenvalue weighted by atomic mass is 35.5. The first kappa shape index (κ1) is 24.3. The molecule has 2 aliphatic rings. The van der Waals surface area contributed by atoms with Gasteiger partial charge in [-0.3, -0.25) is 4.79 Å². The molecule has 1 amide bonds. The van der Waals surface area contributed by atoms with Crippen LogP contribution in [0.4, 0.5) is 10.2 Å². The van der Waals surface area contributed by atoms with Crippen LogP contribution >= 0.6 is 22.9 Å². The largest absolute Gasteiger partial charge is 0.354 e. The molecule has 4 heterocycles. The fraction of sp³-hybridized carbons (Fsp3) is 0.407. The molecule has 0 unspecified atom stereocenters. The van der Waals surface area contributed by atoms with Crippen molar-refractivity contribution in [3.05, 3.63) is 57.9 Å². The van der Waals surface area contributed by atoms with Gasteiger partial charge in [-0.05, 0) is 57.6 Å². The highest BCUT2D eigenvalue weighted by Crippen LogP contribution is 2.38. The normalized spacial score (nSPS) is 22.0. The van der Waals surface area contributed by atoms with E-state index in [0.717, 1.165) is 61.9 Å². The third kappa shape index (κ3) is 4.70. The van der Waals surface area contributed by atoms with Gasteiger partial charge in [0, 0.05) is 30.7 Å². The van der Waals surface area contributed by atoms with Gasteiger partial charge in [-0.1, -0.05) is 35.1 Å². The van der Waals surface area contributed by atoms with Gasteiger partial charge in [-0.2, -0.15) is 0 Å². The Labute approximate surface area is 223 Å². The van der Waals surface area contributed by atoms with Crippen molar-refractivity contribution >= 4 is 45.7 Å². The smallest absolute Gasteiger partial charge is 0.280 e. The Morgan fingerprint density at radius 2 is 2.03 bits per heavy atom. The number of rotatable bonds is 5. The molecule has 1 saturated heterocycles. The summed E-state index contributed by atoms with van der Waals surface area (Å²) in [6.45, 7) is 3.21. The third-order valence-electron chi connectivity index (χ3n) is 7.54. The van der Waals surface area contributed by atoms with E-state index in [9.17, 15) is 4.79 Å². The summed E-state index contributed by atoms with van der Waals surface area (Å²) in [7, 11) is 0. The van der Waals surface area contributed by atoms with Crippen LogP contribution in [0.2, 0.25) is 4.34 Å². The SMILES string of the molecule is C[C@H]1CCCN1c1cc2c(cn1)nc(-c1ccccc1F)n2[C@@H]1CCC[C@H](NC(=O)c2ncc(Cl)s2)C1. The Kier molecular flexibility index (Phi) is 6.58. The first-order valence-electron chi connectivity index (χ1n) is 12.8. The number of pyridine rings is 1. The number of amides is 1. The molecule has 1 N–H and O–H groups in total. The van der Waals surface area contributed by atoms with Crippen LogP contribution in [0.3, 0.4) is 0 Å². The van der Waals surface area contributed by atoms with Crippen molar-refractivity contribution in [2.75, 3.05) is 11.4 Å². The van der Waals surface area contributed by atoms with Crippen molar-refractivity contribution in [2.45, 2.75) is 63.6 Å². The topological polar surface area (TPSA) is 75.9 Å². The number of fused-ring (bicyclic) bond motifs is 1. The number of anilines is 1. The number of hydrogen-bond donors (Lipinski definition) is 1. The molecule has 7 nitrogen and oxygen atoms in total. The second kappa shape index (κ2) is 10.0. The molecule has 3 atom stereocenters. The number of aromatic nitrogens is 4. The Morgan fingerprint density at radius 1 is 1.16 bits per heavy atom. The molecule has 1 aliphatic carbocycles. The van der Waals surface area contributed by atoms with Crippen molar-refractivity contribution in [1.29, 1.82) is 0 Å². The highest BCUT2D eigenvalue weighted by molar-refractivity contribution is 7.17. The van der Waals surface area contributed by atoms with Gasteiger partial charge in [-0.15, -0.1) is 0 Å². The predicted molar refractivity (Wildman–Crippen MR) is 145 cm³/mol. The predicted octanol–water partition coefficient (Wildman–Crippen LogP) is 6.25. The van der Waals surface area contributed by atoms with Crippen LogP contribution in [-0.2, 0) is 0 Å². The van der Waals surface area contributed by atoms with Crippen LogP contribution in [0, 0.1) is 5.82 Å².